The Labute approximate surface area is 121 Å². The van der Waals surface area contributed by atoms with Gasteiger partial charge in [0, 0.05) is 11.1 Å². The lowest BCUT2D eigenvalue weighted by atomic mass is 10.3. The first kappa shape index (κ1) is 16.7. The molecule has 0 amide bonds. The zero-order valence-corrected chi connectivity index (χ0v) is 11.8. The first-order valence-electron chi connectivity index (χ1n) is 5.93. The average Bonchev–Trinajstić information content (AvgIpc) is 2.75. The summed E-state index contributed by atoms with van der Waals surface area (Å²) >= 11 is 0. The van der Waals surface area contributed by atoms with E-state index in [0.29, 0.717) is 0 Å². The molecule has 0 fully saturated rings. The van der Waals surface area contributed by atoms with Gasteiger partial charge in [-0.1, -0.05) is 13.2 Å². The fourth-order valence-corrected chi connectivity index (χ4v) is 1.27. The van der Waals surface area contributed by atoms with E-state index < -0.39 is 25.2 Å². The van der Waals surface area contributed by atoms with Gasteiger partial charge in [0.25, 0.3) is 0 Å². The molecule has 1 heterocycles. The molecule has 1 rings (SSSR count). The molecule has 2 N–H and O–H groups in total. The molecule has 0 aromatic carbocycles. The minimum Gasteiger partial charge on any atom is -0.453 e. The van der Waals surface area contributed by atoms with Crippen LogP contribution in [0.25, 0.3) is 0 Å². The SMILES string of the molecule is C=C(C)C(=O)Oc1c(CO)oc(CO)c1OC(=O)C(=C)C. The number of carbonyl (C=O) groups excluding carboxylic acids is 2. The van der Waals surface area contributed by atoms with Gasteiger partial charge >= 0.3 is 11.9 Å². The molecule has 7 heteroatoms. The summed E-state index contributed by atoms with van der Waals surface area (Å²) in [5.74, 6) is -2.44. The van der Waals surface area contributed by atoms with Crippen LogP contribution in [0.1, 0.15) is 25.4 Å². The summed E-state index contributed by atoms with van der Waals surface area (Å²) in [6.07, 6.45) is 0. The lowest BCUT2D eigenvalue weighted by molar-refractivity contribution is -0.132. The third kappa shape index (κ3) is 3.80. The lowest BCUT2D eigenvalue weighted by Crippen LogP contribution is -2.13. The number of aliphatic hydroxyl groups excluding tert-OH is 2. The second-order valence-electron chi connectivity index (χ2n) is 4.26. The van der Waals surface area contributed by atoms with Crippen LogP contribution in [-0.4, -0.2) is 22.2 Å². The van der Waals surface area contributed by atoms with Crippen LogP contribution < -0.4 is 9.47 Å². The van der Waals surface area contributed by atoms with Crippen LogP contribution >= 0.6 is 0 Å². The summed E-state index contributed by atoms with van der Waals surface area (Å²) in [7, 11) is 0. The van der Waals surface area contributed by atoms with Crippen LogP contribution in [0.2, 0.25) is 0 Å². The Bertz CT molecular complexity index is 544. The molecule has 0 atom stereocenters. The molecule has 0 unspecified atom stereocenters. The quantitative estimate of drug-likeness (QED) is 0.600. The summed E-state index contributed by atoms with van der Waals surface area (Å²) in [5, 5.41) is 18.4. The van der Waals surface area contributed by atoms with E-state index in [4.69, 9.17) is 13.9 Å². The first-order chi connectivity index (χ1) is 9.81. The van der Waals surface area contributed by atoms with Crippen molar-refractivity contribution in [1.29, 1.82) is 0 Å². The van der Waals surface area contributed by atoms with Crippen molar-refractivity contribution in [2.75, 3.05) is 0 Å². The van der Waals surface area contributed by atoms with Crippen LogP contribution in [0.3, 0.4) is 0 Å². The molecule has 0 saturated carbocycles. The Hall–Kier alpha value is -2.38. The van der Waals surface area contributed by atoms with Gasteiger partial charge < -0.3 is 24.1 Å². The second kappa shape index (κ2) is 6.87. The molecule has 1 aromatic rings. The summed E-state index contributed by atoms with van der Waals surface area (Å²) in [5.41, 5.74) is 0.200. The summed E-state index contributed by atoms with van der Waals surface area (Å²) in [6.45, 7) is 8.45. The fourth-order valence-electron chi connectivity index (χ4n) is 1.27. The molecule has 0 aliphatic rings. The number of furan rings is 1. The van der Waals surface area contributed by atoms with Crippen molar-refractivity contribution in [2.45, 2.75) is 27.1 Å². The van der Waals surface area contributed by atoms with Gasteiger partial charge in [-0.25, -0.2) is 9.59 Å². The Balaban J connectivity index is 3.27. The third-order valence-corrected chi connectivity index (χ3v) is 2.33. The maximum Gasteiger partial charge on any atom is 0.338 e. The van der Waals surface area contributed by atoms with Crippen molar-refractivity contribution in [2.24, 2.45) is 0 Å². The van der Waals surface area contributed by atoms with Gasteiger partial charge in [-0.3, -0.25) is 0 Å². The zero-order chi connectivity index (χ0) is 16.2. The number of hydrogen-bond donors (Lipinski definition) is 2. The van der Waals surface area contributed by atoms with Crippen LogP contribution in [0.4, 0.5) is 0 Å². The Morgan fingerprint density at radius 1 is 0.952 bits per heavy atom. The second-order valence-corrected chi connectivity index (χ2v) is 4.26. The number of hydrogen-bond acceptors (Lipinski definition) is 7. The first-order valence-corrected chi connectivity index (χ1v) is 5.93. The van der Waals surface area contributed by atoms with Crippen molar-refractivity contribution >= 4 is 11.9 Å². The lowest BCUT2D eigenvalue weighted by Gasteiger charge is -2.07. The van der Waals surface area contributed by atoms with Gasteiger partial charge in [0.15, 0.2) is 11.5 Å². The number of rotatable bonds is 6. The highest BCUT2D eigenvalue weighted by atomic mass is 16.6. The van der Waals surface area contributed by atoms with Gasteiger partial charge in [-0.05, 0) is 13.8 Å². The molecule has 7 nitrogen and oxygen atoms in total. The summed E-state index contributed by atoms with van der Waals surface area (Å²) in [4.78, 5) is 23.2. The maximum absolute atomic E-state index is 11.6. The van der Waals surface area contributed by atoms with Gasteiger partial charge in [0.2, 0.25) is 11.5 Å². The van der Waals surface area contributed by atoms with Crippen LogP contribution in [0.15, 0.2) is 28.7 Å². The van der Waals surface area contributed by atoms with Gasteiger partial charge in [-0.15, -0.1) is 0 Å². The van der Waals surface area contributed by atoms with E-state index in [1.807, 2.05) is 0 Å². The molecule has 0 radical (unpaired) electrons. The molecule has 21 heavy (non-hydrogen) atoms. The van der Waals surface area contributed by atoms with E-state index in [-0.39, 0.29) is 34.2 Å². The Kier molecular flexibility index (Phi) is 5.45. The highest BCUT2D eigenvalue weighted by Crippen LogP contribution is 2.39. The van der Waals surface area contributed by atoms with Gasteiger partial charge in [0.05, 0.1) is 0 Å². The van der Waals surface area contributed by atoms with Gasteiger partial charge in [-0.2, -0.15) is 0 Å². The highest BCUT2D eigenvalue weighted by molar-refractivity contribution is 5.91. The van der Waals surface area contributed by atoms with E-state index in [1.54, 1.807) is 0 Å². The number of carbonyl (C=O) groups is 2. The third-order valence-electron chi connectivity index (χ3n) is 2.33. The molecule has 0 aliphatic carbocycles. The number of esters is 2. The smallest absolute Gasteiger partial charge is 0.338 e. The summed E-state index contributed by atoms with van der Waals surface area (Å²) in [6, 6.07) is 0. The number of aliphatic hydroxyl groups is 2. The normalized spacial score (nSPS) is 10.1. The van der Waals surface area contributed by atoms with Crippen molar-refractivity contribution in [3.63, 3.8) is 0 Å². The van der Waals surface area contributed by atoms with E-state index in [1.165, 1.54) is 13.8 Å². The van der Waals surface area contributed by atoms with E-state index in [9.17, 15) is 19.8 Å². The molecule has 114 valence electrons. The minimum absolute atomic E-state index is 0.0998. The van der Waals surface area contributed by atoms with Crippen LogP contribution in [-0.2, 0) is 22.8 Å². The molecule has 0 aliphatic heterocycles. The molecular weight excluding hydrogens is 280 g/mol. The monoisotopic (exact) mass is 296 g/mol. The van der Waals surface area contributed by atoms with E-state index >= 15 is 0 Å². The van der Waals surface area contributed by atoms with E-state index in [2.05, 4.69) is 13.2 Å². The summed E-state index contributed by atoms with van der Waals surface area (Å²) < 4.78 is 15.1. The topological polar surface area (TPSA) is 106 Å². The minimum atomic E-state index is -0.789. The molecule has 0 bridgehead atoms. The largest absolute Gasteiger partial charge is 0.453 e. The maximum atomic E-state index is 11.6. The van der Waals surface area contributed by atoms with Crippen molar-refractivity contribution in [1.82, 2.24) is 0 Å². The highest BCUT2D eigenvalue weighted by Gasteiger charge is 2.27. The standard InChI is InChI=1S/C14H16O7/c1-7(2)13(17)20-11-9(5-15)19-10(6-16)12(11)21-14(18)8(3)4/h15-16H,1,3,5-6H2,2,4H3. The molecular formula is C14H16O7. The van der Waals surface area contributed by atoms with Crippen molar-refractivity contribution < 1.29 is 33.7 Å². The fraction of sp³-hybridized carbons (Fsp3) is 0.286. The van der Waals surface area contributed by atoms with Crippen LogP contribution in [0.5, 0.6) is 11.5 Å². The molecule has 0 spiro atoms. The van der Waals surface area contributed by atoms with Crippen LogP contribution in [0, 0.1) is 0 Å². The van der Waals surface area contributed by atoms with Crippen molar-refractivity contribution in [3.8, 4) is 11.5 Å². The molecule has 0 saturated heterocycles. The van der Waals surface area contributed by atoms with Crippen molar-refractivity contribution in [3.05, 3.63) is 35.8 Å². The van der Waals surface area contributed by atoms with E-state index in [0.717, 1.165) is 0 Å². The Morgan fingerprint density at radius 3 is 1.52 bits per heavy atom. The molecule has 1 aromatic heterocycles. The van der Waals surface area contributed by atoms with Gasteiger partial charge in [0.1, 0.15) is 13.2 Å². The number of ether oxygens (including phenoxy) is 2. The average molecular weight is 296 g/mol. The predicted octanol–water partition coefficient (Wildman–Crippen LogP) is 1.23. The zero-order valence-electron chi connectivity index (χ0n) is 11.8. The predicted molar refractivity (Wildman–Crippen MR) is 71.5 cm³/mol. The Morgan fingerprint density at radius 2 is 1.29 bits per heavy atom.